The SMILES string of the molecule is CCOC(=O)/C(=N\OCc1ccc(Cl)cc1)c1csc(N)n1. The summed E-state index contributed by atoms with van der Waals surface area (Å²) < 4.78 is 4.94. The number of thiazole rings is 1. The van der Waals surface area contributed by atoms with Crippen LogP contribution in [0.25, 0.3) is 0 Å². The quantitative estimate of drug-likeness (QED) is 0.496. The molecular weight excluding hydrogens is 326 g/mol. The summed E-state index contributed by atoms with van der Waals surface area (Å²) in [6.45, 7) is 2.13. The molecule has 22 heavy (non-hydrogen) atoms. The Morgan fingerprint density at radius 2 is 2.14 bits per heavy atom. The van der Waals surface area contributed by atoms with Gasteiger partial charge in [-0.1, -0.05) is 28.9 Å². The van der Waals surface area contributed by atoms with Crippen molar-refractivity contribution in [2.24, 2.45) is 5.16 Å². The Kier molecular flexibility index (Phi) is 5.74. The van der Waals surface area contributed by atoms with E-state index in [0.717, 1.165) is 5.56 Å². The van der Waals surface area contributed by atoms with Gasteiger partial charge in [-0.15, -0.1) is 11.3 Å². The number of nitrogen functional groups attached to an aromatic ring is 1. The molecule has 0 bridgehead atoms. The van der Waals surface area contributed by atoms with Crippen LogP contribution in [0.4, 0.5) is 5.13 Å². The van der Waals surface area contributed by atoms with E-state index in [4.69, 9.17) is 26.9 Å². The van der Waals surface area contributed by atoms with E-state index in [0.29, 0.717) is 15.8 Å². The van der Waals surface area contributed by atoms with Crippen LogP contribution in [0.15, 0.2) is 34.8 Å². The minimum absolute atomic E-state index is 0.0104. The van der Waals surface area contributed by atoms with Crippen LogP contribution >= 0.6 is 22.9 Å². The van der Waals surface area contributed by atoms with Gasteiger partial charge < -0.3 is 15.3 Å². The Bertz CT molecular complexity index is 670. The largest absolute Gasteiger partial charge is 0.461 e. The topological polar surface area (TPSA) is 86.8 Å². The molecule has 0 fully saturated rings. The summed E-state index contributed by atoms with van der Waals surface area (Å²) in [7, 11) is 0. The molecule has 0 atom stereocenters. The third kappa shape index (κ3) is 4.44. The number of nitrogens with two attached hydrogens (primary N) is 1. The molecule has 2 aromatic rings. The Hall–Kier alpha value is -2.12. The maximum atomic E-state index is 11.9. The number of aromatic nitrogens is 1. The predicted octanol–water partition coefficient (Wildman–Crippen LogP) is 2.86. The van der Waals surface area contributed by atoms with Gasteiger partial charge in [0.1, 0.15) is 12.3 Å². The molecular formula is C14H14ClN3O3S. The van der Waals surface area contributed by atoms with Gasteiger partial charge in [0.05, 0.1) is 6.61 Å². The first-order valence-corrected chi connectivity index (χ1v) is 7.68. The number of nitrogens with zero attached hydrogens (tertiary/aromatic N) is 2. The fourth-order valence-electron chi connectivity index (χ4n) is 1.54. The Morgan fingerprint density at radius 1 is 1.41 bits per heavy atom. The second-order valence-electron chi connectivity index (χ2n) is 4.13. The molecule has 0 amide bonds. The molecule has 0 saturated heterocycles. The highest BCUT2D eigenvalue weighted by atomic mass is 35.5. The molecule has 6 nitrogen and oxygen atoms in total. The average Bonchev–Trinajstić information content (AvgIpc) is 2.92. The lowest BCUT2D eigenvalue weighted by Crippen LogP contribution is -2.19. The fraction of sp³-hybridized carbons (Fsp3) is 0.214. The molecule has 0 saturated carbocycles. The van der Waals surface area contributed by atoms with E-state index in [1.165, 1.54) is 11.3 Å². The number of oxime groups is 1. The number of carbonyl (C=O) groups excluding carboxylic acids is 1. The van der Waals surface area contributed by atoms with Crippen LogP contribution in [-0.2, 0) is 21.0 Å². The lowest BCUT2D eigenvalue weighted by Gasteiger charge is -2.04. The number of halogens is 1. The third-order valence-electron chi connectivity index (χ3n) is 2.53. The molecule has 0 radical (unpaired) electrons. The van der Waals surface area contributed by atoms with Gasteiger partial charge in [0.2, 0.25) is 5.71 Å². The van der Waals surface area contributed by atoms with Gasteiger partial charge in [0.25, 0.3) is 0 Å². The van der Waals surface area contributed by atoms with E-state index >= 15 is 0 Å². The summed E-state index contributed by atoms with van der Waals surface area (Å²) in [5, 5.41) is 6.44. The lowest BCUT2D eigenvalue weighted by molar-refractivity contribution is -0.135. The Labute approximate surface area is 136 Å². The van der Waals surface area contributed by atoms with E-state index < -0.39 is 5.97 Å². The van der Waals surface area contributed by atoms with Crippen LogP contribution in [-0.4, -0.2) is 23.3 Å². The molecule has 2 N–H and O–H groups in total. The van der Waals surface area contributed by atoms with Crippen molar-refractivity contribution in [2.45, 2.75) is 13.5 Å². The molecule has 0 aliphatic carbocycles. The minimum atomic E-state index is -0.607. The highest BCUT2D eigenvalue weighted by Crippen LogP contribution is 2.14. The Morgan fingerprint density at radius 3 is 2.73 bits per heavy atom. The molecule has 1 aromatic heterocycles. The maximum absolute atomic E-state index is 11.9. The predicted molar refractivity (Wildman–Crippen MR) is 85.9 cm³/mol. The van der Waals surface area contributed by atoms with Crippen molar-refractivity contribution in [3.05, 3.63) is 45.9 Å². The van der Waals surface area contributed by atoms with Crippen LogP contribution in [0.3, 0.4) is 0 Å². The zero-order chi connectivity index (χ0) is 15.9. The molecule has 8 heteroatoms. The van der Waals surface area contributed by atoms with E-state index in [9.17, 15) is 4.79 Å². The van der Waals surface area contributed by atoms with Gasteiger partial charge in [0, 0.05) is 10.4 Å². The zero-order valence-electron chi connectivity index (χ0n) is 11.8. The van der Waals surface area contributed by atoms with E-state index in [1.807, 2.05) is 12.1 Å². The van der Waals surface area contributed by atoms with E-state index in [1.54, 1.807) is 24.4 Å². The van der Waals surface area contributed by atoms with Gasteiger partial charge >= 0.3 is 5.97 Å². The van der Waals surface area contributed by atoms with Crippen molar-refractivity contribution >= 4 is 39.8 Å². The van der Waals surface area contributed by atoms with Crippen LogP contribution in [0.1, 0.15) is 18.2 Å². The lowest BCUT2D eigenvalue weighted by atomic mass is 10.2. The summed E-state index contributed by atoms with van der Waals surface area (Å²) in [6.07, 6.45) is 0. The summed E-state index contributed by atoms with van der Waals surface area (Å²) in [6, 6.07) is 7.11. The summed E-state index contributed by atoms with van der Waals surface area (Å²) in [5.41, 5.74) is 6.76. The molecule has 2 rings (SSSR count). The molecule has 1 aromatic carbocycles. The maximum Gasteiger partial charge on any atom is 0.362 e. The van der Waals surface area contributed by atoms with Crippen molar-refractivity contribution in [3.8, 4) is 0 Å². The van der Waals surface area contributed by atoms with Crippen molar-refractivity contribution in [3.63, 3.8) is 0 Å². The average molecular weight is 340 g/mol. The molecule has 116 valence electrons. The normalized spacial score (nSPS) is 11.3. The first-order chi connectivity index (χ1) is 10.6. The van der Waals surface area contributed by atoms with E-state index in [2.05, 4.69) is 10.1 Å². The first-order valence-electron chi connectivity index (χ1n) is 6.43. The van der Waals surface area contributed by atoms with E-state index in [-0.39, 0.29) is 18.9 Å². The molecule has 0 spiro atoms. The zero-order valence-corrected chi connectivity index (χ0v) is 13.4. The smallest absolute Gasteiger partial charge is 0.362 e. The minimum Gasteiger partial charge on any atom is -0.461 e. The highest BCUT2D eigenvalue weighted by molar-refractivity contribution is 7.13. The summed E-state index contributed by atoms with van der Waals surface area (Å²) >= 11 is 7.01. The summed E-state index contributed by atoms with van der Waals surface area (Å²) in [5.74, 6) is -0.607. The highest BCUT2D eigenvalue weighted by Gasteiger charge is 2.19. The monoisotopic (exact) mass is 339 g/mol. The summed E-state index contributed by atoms with van der Waals surface area (Å²) in [4.78, 5) is 21.2. The number of ether oxygens (including phenoxy) is 1. The number of hydrogen-bond donors (Lipinski definition) is 1. The fourth-order valence-corrected chi connectivity index (χ4v) is 2.21. The van der Waals surface area contributed by atoms with Gasteiger partial charge in [-0.2, -0.15) is 0 Å². The molecule has 0 aliphatic heterocycles. The number of rotatable bonds is 6. The van der Waals surface area contributed by atoms with Crippen molar-refractivity contribution < 1.29 is 14.4 Å². The van der Waals surface area contributed by atoms with Crippen molar-refractivity contribution in [1.29, 1.82) is 0 Å². The molecule has 1 heterocycles. The first kappa shape index (κ1) is 16.3. The number of hydrogen-bond acceptors (Lipinski definition) is 7. The van der Waals surface area contributed by atoms with Crippen LogP contribution in [0.5, 0.6) is 0 Å². The van der Waals surface area contributed by atoms with Crippen molar-refractivity contribution in [2.75, 3.05) is 12.3 Å². The number of anilines is 1. The van der Waals surface area contributed by atoms with Crippen LogP contribution < -0.4 is 5.73 Å². The third-order valence-corrected chi connectivity index (χ3v) is 3.46. The number of carbonyl (C=O) groups is 1. The van der Waals surface area contributed by atoms with Gasteiger partial charge in [-0.05, 0) is 24.6 Å². The number of esters is 1. The van der Waals surface area contributed by atoms with Crippen molar-refractivity contribution in [1.82, 2.24) is 4.98 Å². The van der Waals surface area contributed by atoms with Gasteiger partial charge in [-0.25, -0.2) is 9.78 Å². The second-order valence-corrected chi connectivity index (χ2v) is 5.46. The standard InChI is InChI=1S/C14H14ClN3O3S/c1-2-20-13(19)12(11-8-22-14(16)17-11)18-21-7-9-3-5-10(15)6-4-9/h3-6,8H,2,7H2,1H3,(H2,16,17)/b18-12-. The number of benzene rings is 1. The Balaban J connectivity index is 2.10. The van der Waals surface area contributed by atoms with Gasteiger partial charge in [-0.3, -0.25) is 0 Å². The molecule has 0 aliphatic rings. The van der Waals surface area contributed by atoms with Gasteiger partial charge in [0.15, 0.2) is 5.13 Å². The van der Waals surface area contributed by atoms with Crippen LogP contribution in [0, 0.1) is 0 Å². The van der Waals surface area contributed by atoms with Crippen LogP contribution in [0.2, 0.25) is 5.02 Å². The second kappa shape index (κ2) is 7.77. The molecule has 0 unspecified atom stereocenters.